The first-order valence-corrected chi connectivity index (χ1v) is 11.2. The van der Waals surface area contributed by atoms with E-state index in [4.69, 9.17) is 4.74 Å². The van der Waals surface area contributed by atoms with Crippen LogP contribution in [0.4, 0.5) is 10.8 Å². The molecule has 0 bridgehead atoms. The van der Waals surface area contributed by atoms with Gasteiger partial charge in [-0.3, -0.25) is 9.69 Å². The van der Waals surface area contributed by atoms with Crippen molar-refractivity contribution in [3.05, 3.63) is 113 Å². The minimum absolute atomic E-state index is 0.141. The first-order chi connectivity index (χ1) is 16.0. The van der Waals surface area contributed by atoms with Gasteiger partial charge < -0.3 is 9.84 Å². The highest BCUT2D eigenvalue weighted by molar-refractivity contribution is 7.14. The number of para-hydroxylation sites is 1. The lowest BCUT2D eigenvalue weighted by atomic mass is 9.86. The van der Waals surface area contributed by atoms with Gasteiger partial charge in [0.25, 0.3) is 0 Å². The summed E-state index contributed by atoms with van der Waals surface area (Å²) in [4.78, 5) is 31.4. The van der Waals surface area contributed by atoms with E-state index in [1.54, 1.807) is 53.9 Å². The van der Waals surface area contributed by atoms with Crippen molar-refractivity contribution in [2.45, 2.75) is 19.1 Å². The highest BCUT2D eigenvalue weighted by atomic mass is 32.1. The summed E-state index contributed by atoms with van der Waals surface area (Å²) in [5.74, 6) is -0.984. The van der Waals surface area contributed by atoms with E-state index in [-0.39, 0.29) is 12.5 Å². The summed E-state index contributed by atoms with van der Waals surface area (Å²) in [5.41, 5.74) is 0.0371. The number of thiazole rings is 1. The fraction of sp³-hybridized carbons (Fsp3) is 0.115. The number of hydrogen-bond donors (Lipinski definition) is 1. The maximum atomic E-state index is 13.1. The van der Waals surface area contributed by atoms with E-state index in [1.165, 1.54) is 23.2 Å². The molecule has 166 valence electrons. The number of rotatable bonds is 7. The number of hydrogen-bond acceptors (Lipinski definition) is 6. The second-order valence-corrected chi connectivity index (χ2v) is 8.17. The molecule has 3 aromatic carbocycles. The van der Waals surface area contributed by atoms with Gasteiger partial charge in [0.1, 0.15) is 6.61 Å². The summed E-state index contributed by atoms with van der Waals surface area (Å²) in [6.07, 6.45) is 0. The maximum absolute atomic E-state index is 13.1. The number of amides is 1. The summed E-state index contributed by atoms with van der Waals surface area (Å²) in [6, 6.07) is 26.6. The standard InChI is InChI=1S/C26H22N2O4S/c1-19(29)28(23-15-9-4-10-16-23)25-27-22(18-33-25)17-32-24(30)26(31,20-11-5-2-6-12-20)21-13-7-3-8-14-21/h2-16,18,31H,17H2,1H3. The van der Waals surface area contributed by atoms with Crippen LogP contribution in [0.1, 0.15) is 23.7 Å². The number of nitrogens with zero attached hydrogens (tertiary/aromatic N) is 2. The molecule has 0 radical (unpaired) electrons. The van der Waals surface area contributed by atoms with Gasteiger partial charge in [-0.05, 0) is 23.3 Å². The van der Waals surface area contributed by atoms with Crippen LogP contribution < -0.4 is 4.90 Å². The number of carbonyl (C=O) groups excluding carboxylic acids is 2. The number of aliphatic hydroxyl groups is 1. The Labute approximate surface area is 195 Å². The molecule has 0 unspecified atom stereocenters. The molecule has 1 amide bonds. The Morgan fingerprint density at radius 3 is 1.94 bits per heavy atom. The molecule has 0 saturated carbocycles. The molecule has 0 aliphatic rings. The molecular formula is C26H22N2O4S. The lowest BCUT2D eigenvalue weighted by molar-refractivity contribution is -0.163. The molecule has 7 heteroatoms. The van der Waals surface area contributed by atoms with Crippen LogP contribution in [-0.4, -0.2) is 22.0 Å². The van der Waals surface area contributed by atoms with Crippen molar-refractivity contribution in [3.63, 3.8) is 0 Å². The Balaban J connectivity index is 1.56. The van der Waals surface area contributed by atoms with Crippen molar-refractivity contribution < 1.29 is 19.4 Å². The topological polar surface area (TPSA) is 79.7 Å². The SMILES string of the molecule is CC(=O)N(c1ccccc1)c1nc(COC(=O)C(O)(c2ccccc2)c2ccccc2)cs1. The maximum Gasteiger partial charge on any atom is 0.348 e. The Bertz CT molecular complexity index is 1190. The Kier molecular flexibility index (Phi) is 6.63. The summed E-state index contributed by atoms with van der Waals surface area (Å²) in [5, 5.41) is 13.7. The largest absolute Gasteiger partial charge is 0.456 e. The van der Waals surface area contributed by atoms with Crippen LogP contribution in [0.3, 0.4) is 0 Å². The zero-order valence-electron chi connectivity index (χ0n) is 17.9. The average Bonchev–Trinajstić information content (AvgIpc) is 3.32. The minimum Gasteiger partial charge on any atom is -0.456 e. The van der Waals surface area contributed by atoms with Gasteiger partial charge in [0.05, 0.1) is 11.4 Å². The fourth-order valence-corrected chi connectivity index (χ4v) is 4.35. The molecule has 0 atom stereocenters. The van der Waals surface area contributed by atoms with Crippen LogP contribution in [-0.2, 0) is 26.5 Å². The molecule has 6 nitrogen and oxygen atoms in total. The van der Waals surface area contributed by atoms with E-state index >= 15 is 0 Å². The van der Waals surface area contributed by atoms with E-state index in [1.807, 2.05) is 42.5 Å². The molecular weight excluding hydrogens is 436 g/mol. The van der Waals surface area contributed by atoms with Crippen molar-refractivity contribution in [1.29, 1.82) is 0 Å². The van der Waals surface area contributed by atoms with Crippen molar-refractivity contribution in [1.82, 2.24) is 4.98 Å². The molecule has 0 saturated heterocycles. The normalized spacial score (nSPS) is 11.1. The molecule has 1 N–H and O–H groups in total. The van der Waals surface area contributed by atoms with Gasteiger partial charge in [-0.25, -0.2) is 9.78 Å². The molecule has 0 fully saturated rings. The fourth-order valence-electron chi connectivity index (χ4n) is 3.47. The van der Waals surface area contributed by atoms with Gasteiger partial charge in [0, 0.05) is 12.3 Å². The van der Waals surface area contributed by atoms with Gasteiger partial charge in [0.2, 0.25) is 11.5 Å². The number of benzene rings is 3. The zero-order chi connectivity index (χ0) is 23.3. The zero-order valence-corrected chi connectivity index (χ0v) is 18.7. The van der Waals surface area contributed by atoms with Gasteiger partial charge >= 0.3 is 5.97 Å². The minimum atomic E-state index is -1.96. The Hall–Kier alpha value is -3.81. The number of esters is 1. The third-order valence-corrected chi connectivity index (χ3v) is 5.96. The second kappa shape index (κ2) is 9.77. The predicted molar refractivity (Wildman–Crippen MR) is 127 cm³/mol. The van der Waals surface area contributed by atoms with Crippen molar-refractivity contribution in [2.24, 2.45) is 0 Å². The van der Waals surface area contributed by atoms with Crippen LogP contribution in [0.25, 0.3) is 0 Å². The second-order valence-electron chi connectivity index (χ2n) is 7.33. The highest BCUT2D eigenvalue weighted by Crippen LogP contribution is 2.32. The van der Waals surface area contributed by atoms with Gasteiger partial charge in [-0.1, -0.05) is 78.9 Å². The van der Waals surface area contributed by atoms with Crippen LogP contribution in [0.5, 0.6) is 0 Å². The summed E-state index contributed by atoms with van der Waals surface area (Å²) >= 11 is 1.27. The van der Waals surface area contributed by atoms with E-state index in [0.29, 0.717) is 27.6 Å². The molecule has 4 aromatic rings. The molecule has 0 aliphatic heterocycles. The van der Waals surface area contributed by atoms with Gasteiger partial charge in [-0.2, -0.15) is 0 Å². The third kappa shape index (κ3) is 4.69. The summed E-state index contributed by atoms with van der Waals surface area (Å²) in [6.45, 7) is 1.33. The molecule has 0 aliphatic carbocycles. The number of aromatic nitrogens is 1. The molecule has 1 heterocycles. The molecule has 0 spiro atoms. The van der Waals surface area contributed by atoms with Crippen molar-refractivity contribution in [3.8, 4) is 0 Å². The van der Waals surface area contributed by atoms with E-state index < -0.39 is 11.6 Å². The van der Waals surface area contributed by atoms with E-state index in [0.717, 1.165) is 0 Å². The first kappa shape index (κ1) is 22.4. The molecule has 4 rings (SSSR count). The average molecular weight is 459 g/mol. The molecule has 33 heavy (non-hydrogen) atoms. The Morgan fingerprint density at radius 2 is 1.42 bits per heavy atom. The lowest BCUT2D eigenvalue weighted by Crippen LogP contribution is -2.38. The van der Waals surface area contributed by atoms with Crippen molar-refractivity contribution >= 4 is 34.0 Å². The molecule has 1 aromatic heterocycles. The van der Waals surface area contributed by atoms with Crippen molar-refractivity contribution in [2.75, 3.05) is 4.90 Å². The van der Waals surface area contributed by atoms with Crippen LogP contribution in [0.2, 0.25) is 0 Å². The summed E-state index contributed by atoms with van der Waals surface area (Å²) < 4.78 is 5.51. The lowest BCUT2D eigenvalue weighted by Gasteiger charge is -2.26. The number of anilines is 2. The summed E-state index contributed by atoms with van der Waals surface area (Å²) in [7, 11) is 0. The van der Waals surface area contributed by atoms with Crippen LogP contribution >= 0.6 is 11.3 Å². The monoisotopic (exact) mass is 458 g/mol. The predicted octanol–water partition coefficient (Wildman–Crippen LogP) is 4.81. The van der Waals surface area contributed by atoms with E-state index in [9.17, 15) is 14.7 Å². The Morgan fingerprint density at radius 1 is 0.909 bits per heavy atom. The smallest absolute Gasteiger partial charge is 0.348 e. The van der Waals surface area contributed by atoms with Gasteiger partial charge in [0.15, 0.2) is 5.13 Å². The first-order valence-electron chi connectivity index (χ1n) is 10.3. The number of ether oxygens (including phenoxy) is 1. The van der Waals surface area contributed by atoms with E-state index in [2.05, 4.69) is 4.98 Å². The number of carbonyl (C=O) groups is 2. The highest BCUT2D eigenvalue weighted by Gasteiger charge is 2.41. The third-order valence-electron chi connectivity index (χ3n) is 5.09. The van der Waals surface area contributed by atoms with Gasteiger partial charge in [-0.15, -0.1) is 11.3 Å². The van der Waals surface area contributed by atoms with Crippen LogP contribution in [0, 0.1) is 0 Å². The van der Waals surface area contributed by atoms with Crippen LogP contribution in [0.15, 0.2) is 96.4 Å². The quantitative estimate of drug-likeness (QED) is 0.402.